The Morgan fingerprint density at radius 2 is 2.00 bits per heavy atom. The highest BCUT2D eigenvalue weighted by atomic mass is 35.5. The second-order valence-corrected chi connectivity index (χ2v) is 9.39. The summed E-state index contributed by atoms with van der Waals surface area (Å²) < 4.78 is 11.1. The van der Waals surface area contributed by atoms with Crippen LogP contribution in [0.5, 0.6) is 5.75 Å². The van der Waals surface area contributed by atoms with Crippen molar-refractivity contribution in [3.63, 3.8) is 0 Å². The molecule has 0 bridgehead atoms. The van der Waals surface area contributed by atoms with Crippen LogP contribution in [0.2, 0.25) is 10.0 Å². The number of methoxy groups -OCH3 is 1. The predicted octanol–water partition coefficient (Wildman–Crippen LogP) is 4.55. The Labute approximate surface area is 187 Å². The molecule has 2 rings (SSSR count). The lowest BCUT2D eigenvalue weighted by Gasteiger charge is -2.29. The summed E-state index contributed by atoms with van der Waals surface area (Å²) in [5.74, 6) is -0.356. The molecule has 0 aromatic heterocycles. The highest BCUT2D eigenvalue weighted by molar-refractivity contribution is 6.42. The zero-order chi connectivity index (χ0) is 22.6. The van der Waals surface area contributed by atoms with Crippen LogP contribution in [0.3, 0.4) is 0 Å². The Bertz CT molecular complexity index is 781. The van der Waals surface area contributed by atoms with E-state index in [1.807, 2.05) is 20.8 Å². The van der Waals surface area contributed by atoms with E-state index in [0.717, 1.165) is 5.56 Å². The molecule has 0 radical (unpaired) electrons. The first-order valence-electron chi connectivity index (χ1n) is 9.89. The molecule has 1 aliphatic rings. The smallest absolute Gasteiger partial charge is 0.410 e. The molecule has 0 aliphatic carbocycles. The lowest BCUT2D eigenvalue weighted by Crippen LogP contribution is -2.45. The molecule has 0 unspecified atom stereocenters. The van der Waals surface area contributed by atoms with Crippen LogP contribution in [0.15, 0.2) is 12.1 Å². The monoisotopic (exact) mass is 460 g/mol. The van der Waals surface area contributed by atoms with E-state index < -0.39 is 17.7 Å². The van der Waals surface area contributed by atoms with Crippen molar-refractivity contribution < 1.29 is 24.2 Å². The summed E-state index contributed by atoms with van der Waals surface area (Å²) in [6.07, 6.45) is 0.193. The minimum Gasteiger partial charge on any atom is -0.496 e. The fourth-order valence-corrected chi connectivity index (χ4v) is 4.12. The highest BCUT2D eigenvalue weighted by Gasteiger charge is 2.40. The van der Waals surface area contributed by atoms with Crippen LogP contribution in [0.1, 0.15) is 52.0 Å². The van der Waals surface area contributed by atoms with E-state index in [4.69, 9.17) is 37.8 Å². The average Bonchev–Trinajstić information content (AvgIpc) is 3.04. The van der Waals surface area contributed by atoms with Crippen molar-refractivity contribution in [2.24, 2.45) is 0 Å². The van der Waals surface area contributed by atoms with Crippen LogP contribution < -0.4 is 10.1 Å². The molecule has 0 saturated carbocycles. The zero-order valence-electron chi connectivity index (χ0n) is 18.0. The van der Waals surface area contributed by atoms with E-state index in [1.165, 1.54) is 0 Å². The summed E-state index contributed by atoms with van der Waals surface area (Å²) in [4.78, 5) is 25.5. The largest absolute Gasteiger partial charge is 0.496 e. The summed E-state index contributed by atoms with van der Waals surface area (Å²) in [5.41, 5.74) is 0.135. The average molecular weight is 461 g/mol. The minimum absolute atomic E-state index is 0.00344. The summed E-state index contributed by atoms with van der Waals surface area (Å²) >= 11 is 12.7. The number of carbonyl (C=O) groups is 2. The van der Waals surface area contributed by atoms with Crippen molar-refractivity contribution in [3.8, 4) is 5.75 Å². The number of ether oxygens (including phenoxy) is 2. The molecule has 0 spiro atoms. The summed E-state index contributed by atoms with van der Waals surface area (Å²) in [6, 6.07) is 3.02. The number of hydrogen-bond donors (Lipinski definition) is 2. The number of hydrogen-bond acceptors (Lipinski definition) is 5. The van der Waals surface area contributed by atoms with Crippen molar-refractivity contribution in [1.82, 2.24) is 10.2 Å². The third-order valence-corrected chi connectivity index (χ3v) is 5.76. The number of amides is 1. The summed E-state index contributed by atoms with van der Waals surface area (Å²) in [6.45, 7) is 8.08. The van der Waals surface area contributed by atoms with Crippen LogP contribution in [0.4, 0.5) is 4.79 Å². The number of carboxylic acids is 1. The molecule has 1 aromatic carbocycles. The Hall–Kier alpha value is -1.70. The van der Waals surface area contributed by atoms with Gasteiger partial charge >= 0.3 is 12.1 Å². The Morgan fingerprint density at radius 1 is 1.33 bits per heavy atom. The number of nitrogens with one attached hydrogen (secondary N) is 1. The van der Waals surface area contributed by atoms with Gasteiger partial charge in [-0.3, -0.25) is 4.79 Å². The van der Waals surface area contributed by atoms with E-state index in [1.54, 1.807) is 31.1 Å². The minimum atomic E-state index is -0.876. The van der Waals surface area contributed by atoms with E-state index in [2.05, 4.69) is 5.32 Å². The van der Waals surface area contributed by atoms with Gasteiger partial charge in [-0.15, -0.1) is 0 Å². The number of benzene rings is 1. The van der Waals surface area contributed by atoms with Crippen molar-refractivity contribution in [1.29, 1.82) is 0 Å². The van der Waals surface area contributed by atoms with Crippen LogP contribution in [-0.2, 0) is 9.53 Å². The molecule has 1 aromatic rings. The van der Waals surface area contributed by atoms with Crippen molar-refractivity contribution in [3.05, 3.63) is 27.7 Å². The fraction of sp³-hybridized carbons (Fsp3) is 0.619. The Kier molecular flexibility index (Phi) is 8.25. The maximum atomic E-state index is 12.9. The molecule has 1 heterocycles. The molecule has 1 aliphatic heterocycles. The first-order valence-corrected chi connectivity index (χ1v) is 10.6. The van der Waals surface area contributed by atoms with Gasteiger partial charge in [-0.25, -0.2) is 4.79 Å². The van der Waals surface area contributed by atoms with Gasteiger partial charge in [0.25, 0.3) is 0 Å². The number of nitrogens with zero attached hydrogens (tertiary/aromatic N) is 1. The predicted molar refractivity (Wildman–Crippen MR) is 117 cm³/mol. The molecule has 168 valence electrons. The second kappa shape index (κ2) is 10.1. The van der Waals surface area contributed by atoms with E-state index in [0.29, 0.717) is 35.3 Å². The molecule has 1 amide bonds. The molecule has 9 heteroatoms. The molecular weight excluding hydrogens is 431 g/mol. The molecule has 1 fully saturated rings. The first kappa shape index (κ1) is 24.6. The lowest BCUT2D eigenvalue weighted by atomic mass is 9.95. The topological polar surface area (TPSA) is 88.1 Å². The van der Waals surface area contributed by atoms with Crippen LogP contribution >= 0.6 is 23.2 Å². The van der Waals surface area contributed by atoms with Gasteiger partial charge < -0.3 is 24.8 Å². The number of aliphatic carboxylic acids is 1. The zero-order valence-corrected chi connectivity index (χ0v) is 19.5. The van der Waals surface area contributed by atoms with Gasteiger partial charge in [-0.1, -0.05) is 23.2 Å². The van der Waals surface area contributed by atoms with Crippen LogP contribution in [0.25, 0.3) is 0 Å². The molecule has 30 heavy (non-hydrogen) atoms. The van der Waals surface area contributed by atoms with Gasteiger partial charge in [0.15, 0.2) is 0 Å². The SMILES string of the molecule is COc1ccc(Cl)c(Cl)c1[C@H]1C[C@@H](CN[C@@H](C)CC(=O)O)N(C(=O)OC(C)(C)C)C1. The van der Waals surface area contributed by atoms with Gasteiger partial charge in [0.05, 0.1) is 23.6 Å². The van der Waals surface area contributed by atoms with Crippen molar-refractivity contribution >= 4 is 35.3 Å². The highest BCUT2D eigenvalue weighted by Crippen LogP contribution is 2.43. The lowest BCUT2D eigenvalue weighted by molar-refractivity contribution is -0.137. The quantitative estimate of drug-likeness (QED) is 0.620. The van der Waals surface area contributed by atoms with Gasteiger partial charge in [-0.05, 0) is 46.2 Å². The second-order valence-electron chi connectivity index (χ2n) is 8.60. The van der Waals surface area contributed by atoms with Gasteiger partial charge in [0.2, 0.25) is 0 Å². The Morgan fingerprint density at radius 3 is 2.57 bits per heavy atom. The van der Waals surface area contributed by atoms with Gasteiger partial charge in [-0.2, -0.15) is 0 Å². The Balaban J connectivity index is 2.27. The van der Waals surface area contributed by atoms with Crippen LogP contribution in [-0.4, -0.2) is 60.0 Å². The van der Waals surface area contributed by atoms with Gasteiger partial charge in [0.1, 0.15) is 11.4 Å². The molecule has 2 N–H and O–H groups in total. The third-order valence-electron chi connectivity index (χ3n) is 4.95. The first-order chi connectivity index (χ1) is 13.9. The number of carbonyl (C=O) groups excluding carboxylic acids is 1. The molecule has 1 saturated heterocycles. The molecule has 3 atom stereocenters. The van der Waals surface area contributed by atoms with Crippen LogP contribution in [0, 0.1) is 0 Å². The summed E-state index contributed by atoms with van der Waals surface area (Å²) in [5, 5.41) is 13.0. The maximum absolute atomic E-state index is 12.9. The third kappa shape index (κ3) is 6.40. The number of likely N-dealkylation sites (tertiary alicyclic amines) is 1. The number of carboxylic acid groups (broad SMARTS) is 1. The normalized spacial score (nSPS) is 20.2. The molecule has 7 nitrogen and oxygen atoms in total. The van der Waals surface area contributed by atoms with Crippen molar-refractivity contribution in [2.45, 2.75) is 64.1 Å². The fourth-order valence-electron chi connectivity index (χ4n) is 3.64. The van der Waals surface area contributed by atoms with Gasteiger partial charge in [0, 0.05) is 36.7 Å². The maximum Gasteiger partial charge on any atom is 0.410 e. The number of rotatable bonds is 7. The standard InChI is InChI=1S/C21H30Cl2N2O5/c1-12(8-17(26)27)24-10-14-9-13(11-25(14)20(28)30-21(2,3)4)18-16(29-5)7-6-15(22)19(18)23/h6-7,12-14,24H,8-11H2,1-5H3,(H,26,27)/t12-,13-,14-/m0/s1. The van der Waals surface area contributed by atoms with E-state index in [-0.39, 0.29) is 24.4 Å². The summed E-state index contributed by atoms with van der Waals surface area (Å²) in [7, 11) is 1.57. The van der Waals surface area contributed by atoms with Crippen molar-refractivity contribution in [2.75, 3.05) is 20.2 Å². The molecular formula is C21H30Cl2N2O5. The number of halogens is 2. The van der Waals surface area contributed by atoms with E-state index >= 15 is 0 Å². The van der Waals surface area contributed by atoms with E-state index in [9.17, 15) is 9.59 Å².